The van der Waals surface area contributed by atoms with Crippen LogP contribution in [0.1, 0.15) is 18.1 Å². The lowest BCUT2D eigenvalue weighted by atomic mass is 10.2. The number of fused-ring (bicyclic) bond motifs is 1. The number of hydrogen-bond donors (Lipinski definition) is 0. The zero-order valence-electron chi connectivity index (χ0n) is 14.4. The van der Waals surface area contributed by atoms with Crippen LogP contribution in [0, 0.1) is 10.1 Å². The molecule has 0 radical (unpaired) electrons. The minimum absolute atomic E-state index is 0.0157. The number of benzene rings is 2. The van der Waals surface area contributed by atoms with Gasteiger partial charge in [-0.05, 0) is 47.9 Å². The molecular weight excluding hydrogens is 350 g/mol. The molecule has 0 aliphatic heterocycles. The Hall–Kier alpha value is -3.06. The fraction of sp³-hybridized carbons (Fsp3) is 0.158. The lowest BCUT2D eigenvalue weighted by Gasteiger charge is -1.97. The molecule has 6 nitrogen and oxygen atoms in total. The molecule has 1 aromatic heterocycles. The van der Waals surface area contributed by atoms with Gasteiger partial charge in [0.2, 0.25) is 0 Å². The largest absolute Gasteiger partial charge is 0.319 e. The zero-order chi connectivity index (χ0) is 18.7. The minimum Gasteiger partial charge on any atom is -0.319 e. The van der Waals surface area contributed by atoms with E-state index in [-0.39, 0.29) is 11.6 Å². The number of rotatable bonds is 4. The number of carbonyl (C=O) groups excluding carboxylic acids is 1. The Balaban J connectivity index is 1.85. The summed E-state index contributed by atoms with van der Waals surface area (Å²) in [6.45, 7) is 2.10. The first-order valence-electron chi connectivity index (χ1n) is 8.07. The highest BCUT2D eigenvalue weighted by Crippen LogP contribution is 2.18. The molecule has 3 aromatic rings. The van der Waals surface area contributed by atoms with Crippen LogP contribution in [0.25, 0.3) is 16.3 Å². The van der Waals surface area contributed by atoms with Crippen molar-refractivity contribution in [1.29, 1.82) is 0 Å². The van der Waals surface area contributed by atoms with E-state index in [0.29, 0.717) is 10.4 Å². The quantitative estimate of drug-likeness (QED) is 0.399. The van der Waals surface area contributed by atoms with E-state index in [1.54, 1.807) is 18.2 Å². The monoisotopic (exact) mass is 367 g/mol. The van der Waals surface area contributed by atoms with Gasteiger partial charge < -0.3 is 4.57 Å². The Bertz CT molecular complexity index is 1080. The number of nitrogens with zero attached hydrogens (tertiary/aromatic N) is 3. The Labute approximate surface area is 153 Å². The van der Waals surface area contributed by atoms with Gasteiger partial charge in [-0.15, -0.1) is 0 Å². The predicted octanol–water partition coefficient (Wildman–Crippen LogP) is 3.85. The van der Waals surface area contributed by atoms with Crippen molar-refractivity contribution in [2.75, 3.05) is 0 Å². The van der Waals surface area contributed by atoms with Crippen LogP contribution in [0.5, 0.6) is 0 Å². The van der Waals surface area contributed by atoms with Crippen molar-refractivity contribution in [2.24, 2.45) is 12.0 Å². The second-order valence-corrected chi connectivity index (χ2v) is 6.74. The fourth-order valence-electron chi connectivity index (χ4n) is 2.51. The van der Waals surface area contributed by atoms with Gasteiger partial charge in [0.15, 0.2) is 4.80 Å². The summed E-state index contributed by atoms with van der Waals surface area (Å²) in [4.78, 5) is 27.1. The summed E-state index contributed by atoms with van der Waals surface area (Å²) in [5, 5.41) is 10.6. The normalized spacial score (nSPS) is 12.2. The van der Waals surface area contributed by atoms with Crippen LogP contribution < -0.4 is 4.80 Å². The third kappa shape index (κ3) is 3.78. The average molecular weight is 367 g/mol. The Morgan fingerprint density at radius 3 is 2.65 bits per heavy atom. The van der Waals surface area contributed by atoms with Gasteiger partial charge in [-0.3, -0.25) is 14.9 Å². The molecule has 0 spiro atoms. The van der Waals surface area contributed by atoms with Gasteiger partial charge in [0.05, 0.1) is 15.1 Å². The fourth-order valence-corrected chi connectivity index (χ4v) is 3.60. The van der Waals surface area contributed by atoms with Gasteiger partial charge in [0.25, 0.3) is 11.6 Å². The number of hydrogen-bond acceptors (Lipinski definition) is 4. The van der Waals surface area contributed by atoms with Crippen molar-refractivity contribution < 1.29 is 9.72 Å². The lowest BCUT2D eigenvalue weighted by Crippen LogP contribution is -2.12. The van der Waals surface area contributed by atoms with E-state index in [1.165, 1.54) is 35.1 Å². The zero-order valence-corrected chi connectivity index (χ0v) is 15.2. The van der Waals surface area contributed by atoms with Gasteiger partial charge in [-0.2, -0.15) is 4.99 Å². The molecule has 0 aliphatic rings. The van der Waals surface area contributed by atoms with Crippen LogP contribution >= 0.6 is 11.3 Å². The van der Waals surface area contributed by atoms with Crippen LogP contribution in [0.4, 0.5) is 5.69 Å². The van der Waals surface area contributed by atoms with Crippen molar-refractivity contribution in [3.63, 3.8) is 0 Å². The lowest BCUT2D eigenvalue weighted by molar-refractivity contribution is -0.384. The third-order valence-electron chi connectivity index (χ3n) is 4.01. The van der Waals surface area contributed by atoms with Gasteiger partial charge in [0.1, 0.15) is 0 Å². The maximum Gasteiger partial charge on any atom is 0.272 e. The van der Waals surface area contributed by atoms with Crippen LogP contribution in [0.3, 0.4) is 0 Å². The number of non-ortho nitro benzene ring substituents is 1. The number of amides is 1. The first-order valence-corrected chi connectivity index (χ1v) is 8.89. The minimum atomic E-state index is -0.459. The number of thiazole rings is 1. The van der Waals surface area contributed by atoms with E-state index in [0.717, 1.165) is 16.6 Å². The number of nitro benzene ring substituents is 1. The molecule has 132 valence electrons. The Morgan fingerprint density at radius 1 is 1.27 bits per heavy atom. The number of aromatic nitrogens is 1. The first-order chi connectivity index (χ1) is 12.5. The molecule has 7 heteroatoms. The molecule has 1 heterocycles. The van der Waals surface area contributed by atoms with E-state index in [2.05, 4.69) is 24.0 Å². The molecule has 0 atom stereocenters. The standard InChI is InChI=1S/C19H17N3O3S/c1-3-13-6-10-16-17(12-13)26-19(21(16)2)20-18(23)11-7-14-4-8-15(9-5-14)22(24)25/h4-12H,3H2,1-2H3/b11-7-,20-19?. The second kappa shape index (κ2) is 7.45. The molecule has 1 amide bonds. The van der Waals surface area contributed by atoms with Gasteiger partial charge in [0, 0.05) is 25.3 Å². The molecule has 3 rings (SSSR count). The van der Waals surface area contributed by atoms with Crippen LogP contribution in [-0.2, 0) is 18.3 Å². The van der Waals surface area contributed by atoms with Gasteiger partial charge >= 0.3 is 0 Å². The Morgan fingerprint density at radius 2 is 2.00 bits per heavy atom. The molecule has 0 saturated carbocycles. The van der Waals surface area contributed by atoms with Crippen molar-refractivity contribution in [3.8, 4) is 0 Å². The molecule has 0 bridgehead atoms. The summed E-state index contributed by atoms with van der Waals surface area (Å²) in [6, 6.07) is 12.2. The second-order valence-electron chi connectivity index (χ2n) is 5.73. The highest BCUT2D eigenvalue weighted by molar-refractivity contribution is 7.16. The van der Waals surface area contributed by atoms with Crippen molar-refractivity contribution >= 4 is 39.2 Å². The molecule has 0 fully saturated rings. The first kappa shape index (κ1) is 17.8. The third-order valence-corrected chi connectivity index (χ3v) is 5.10. The highest BCUT2D eigenvalue weighted by Gasteiger charge is 2.05. The Kier molecular flexibility index (Phi) is 5.09. The molecule has 2 aromatic carbocycles. The molecule has 0 saturated heterocycles. The molecule has 0 aliphatic carbocycles. The van der Waals surface area contributed by atoms with Crippen molar-refractivity contribution in [3.05, 3.63) is 74.6 Å². The maximum atomic E-state index is 12.1. The van der Waals surface area contributed by atoms with E-state index in [4.69, 9.17) is 0 Å². The summed E-state index contributed by atoms with van der Waals surface area (Å²) in [6.07, 6.45) is 3.92. The summed E-state index contributed by atoms with van der Waals surface area (Å²) in [5.41, 5.74) is 3.00. The smallest absolute Gasteiger partial charge is 0.272 e. The van der Waals surface area contributed by atoms with Gasteiger partial charge in [-0.1, -0.05) is 24.3 Å². The molecule has 26 heavy (non-hydrogen) atoms. The highest BCUT2D eigenvalue weighted by atomic mass is 32.1. The van der Waals surface area contributed by atoms with E-state index in [9.17, 15) is 14.9 Å². The summed E-state index contributed by atoms with van der Waals surface area (Å²) < 4.78 is 2.99. The summed E-state index contributed by atoms with van der Waals surface area (Å²) >= 11 is 1.48. The van der Waals surface area contributed by atoms with Crippen LogP contribution in [0.2, 0.25) is 0 Å². The molecule has 0 N–H and O–H groups in total. The van der Waals surface area contributed by atoms with E-state index < -0.39 is 4.92 Å². The van der Waals surface area contributed by atoms with Crippen molar-refractivity contribution in [1.82, 2.24) is 4.57 Å². The average Bonchev–Trinajstić information content (AvgIpc) is 2.95. The SMILES string of the molecule is CCc1ccc2c(c1)sc(=NC(=O)/C=C\c1ccc([N+](=O)[O-])cc1)n2C. The van der Waals surface area contributed by atoms with Crippen molar-refractivity contribution in [2.45, 2.75) is 13.3 Å². The molecular formula is C19H17N3O3S. The van der Waals surface area contributed by atoms with Crippen LogP contribution in [0.15, 0.2) is 53.5 Å². The maximum absolute atomic E-state index is 12.1. The van der Waals surface area contributed by atoms with Crippen LogP contribution in [-0.4, -0.2) is 15.4 Å². The molecule has 0 unspecified atom stereocenters. The predicted molar refractivity (Wildman–Crippen MR) is 103 cm³/mol. The topological polar surface area (TPSA) is 77.5 Å². The summed E-state index contributed by atoms with van der Waals surface area (Å²) in [5.74, 6) is -0.374. The van der Waals surface area contributed by atoms with E-state index >= 15 is 0 Å². The summed E-state index contributed by atoms with van der Waals surface area (Å²) in [7, 11) is 1.89. The number of carbonyl (C=O) groups is 1. The number of aryl methyl sites for hydroxylation is 2. The van der Waals surface area contributed by atoms with E-state index in [1.807, 2.05) is 17.7 Å². The number of nitro groups is 1. The van der Waals surface area contributed by atoms with Gasteiger partial charge in [-0.25, -0.2) is 0 Å².